The van der Waals surface area contributed by atoms with Crippen LogP contribution >= 0.6 is 0 Å². The first-order valence-electron chi connectivity index (χ1n) is 11.4. The van der Waals surface area contributed by atoms with Gasteiger partial charge in [-0.15, -0.1) is 0 Å². The van der Waals surface area contributed by atoms with Crippen molar-refractivity contribution in [2.24, 2.45) is 5.73 Å². The molecule has 11 nitrogen and oxygen atoms in total. The third-order valence-electron chi connectivity index (χ3n) is 4.74. The molecule has 35 heavy (non-hydrogen) atoms. The highest BCUT2D eigenvalue weighted by molar-refractivity contribution is 5.76. The number of ether oxygens (including phenoxy) is 6. The van der Waals surface area contributed by atoms with E-state index in [-0.39, 0.29) is 36.7 Å². The minimum Gasteiger partial charge on any atom is -0.462 e. The summed E-state index contributed by atoms with van der Waals surface area (Å²) in [4.78, 5) is 47.4. The van der Waals surface area contributed by atoms with Crippen LogP contribution in [0.3, 0.4) is 0 Å². The zero-order valence-electron chi connectivity index (χ0n) is 21.0. The Morgan fingerprint density at radius 2 is 1.37 bits per heavy atom. The van der Waals surface area contributed by atoms with Gasteiger partial charge in [-0.25, -0.2) is 9.59 Å². The average molecular weight is 498 g/mol. The summed E-state index contributed by atoms with van der Waals surface area (Å²) in [7, 11) is 0. The molecule has 4 atom stereocenters. The van der Waals surface area contributed by atoms with Crippen molar-refractivity contribution in [1.29, 1.82) is 0 Å². The van der Waals surface area contributed by atoms with Crippen LogP contribution in [-0.4, -0.2) is 55.2 Å². The molecule has 0 aromatic heterocycles. The Hall–Kier alpha value is -3.34. The molecule has 0 saturated heterocycles. The van der Waals surface area contributed by atoms with Gasteiger partial charge in [-0.3, -0.25) is 9.59 Å². The number of benzene rings is 1. The molecule has 0 fully saturated rings. The second-order valence-electron chi connectivity index (χ2n) is 8.02. The number of carbonyl (C=O) groups is 4. The summed E-state index contributed by atoms with van der Waals surface area (Å²) in [6.07, 6.45) is -2.20. The number of nitrogens with two attached hydrogens (primary N) is 1. The summed E-state index contributed by atoms with van der Waals surface area (Å²) in [6, 6.07) is 3.28. The Morgan fingerprint density at radius 3 is 1.89 bits per heavy atom. The van der Waals surface area contributed by atoms with Crippen LogP contribution in [0.25, 0.3) is 0 Å². The minimum absolute atomic E-state index is 0.0213. The van der Waals surface area contributed by atoms with Crippen LogP contribution in [0.4, 0.5) is 9.59 Å². The fraction of sp³-hybridized carbons (Fsp3) is 0.583. The van der Waals surface area contributed by atoms with Crippen molar-refractivity contribution < 1.29 is 47.6 Å². The van der Waals surface area contributed by atoms with Gasteiger partial charge in [0.05, 0.1) is 0 Å². The number of hydrogen-bond acceptors (Lipinski definition) is 11. The summed E-state index contributed by atoms with van der Waals surface area (Å²) in [5, 5.41) is 0. The fourth-order valence-corrected chi connectivity index (χ4v) is 2.46. The van der Waals surface area contributed by atoms with Crippen LogP contribution in [0.1, 0.15) is 59.9 Å². The lowest BCUT2D eigenvalue weighted by atomic mass is 10.1. The van der Waals surface area contributed by atoms with Crippen LogP contribution in [0.2, 0.25) is 0 Å². The van der Waals surface area contributed by atoms with Crippen LogP contribution in [-0.2, 0) is 35.0 Å². The molecule has 0 aliphatic rings. The Balaban J connectivity index is 2.97. The molecule has 1 rings (SSSR count). The standard InChI is InChI=1S/C24H35NO10/c1-7-14(3)32-23(28)34-20-10-9-18(12-21(20)35-24(29)33-15(4)8-2)11-19(25)22(27)31-16(5)13-30-17(6)26/h9-10,12,14-16,19H,7-8,11,13,25H2,1-6H3/t14?,15?,16-,19-/m0/s1. The smallest absolute Gasteiger partial charge is 0.462 e. The van der Waals surface area contributed by atoms with Crippen LogP contribution in [0.5, 0.6) is 11.5 Å². The van der Waals surface area contributed by atoms with Crippen molar-refractivity contribution in [3.05, 3.63) is 23.8 Å². The van der Waals surface area contributed by atoms with Gasteiger partial charge in [-0.05, 0) is 57.7 Å². The third-order valence-corrected chi connectivity index (χ3v) is 4.74. The van der Waals surface area contributed by atoms with Crippen LogP contribution in [0, 0.1) is 0 Å². The molecule has 2 N–H and O–H groups in total. The second kappa shape index (κ2) is 14.8. The van der Waals surface area contributed by atoms with Gasteiger partial charge in [0, 0.05) is 6.92 Å². The second-order valence-corrected chi connectivity index (χ2v) is 8.02. The molecule has 1 aromatic rings. The average Bonchev–Trinajstić information content (AvgIpc) is 2.78. The van der Waals surface area contributed by atoms with E-state index in [0.29, 0.717) is 18.4 Å². The van der Waals surface area contributed by atoms with E-state index in [1.807, 2.05) is 13.8 Å². The Kier molecular flexibility index (Phi) is 12.6. The molecule has 0 saturated carbocycles. The third kappa shape index (κ3) is 11.6. The van der Waals surface area contributed by atoms with Crippen molar-refractivity contribution in [3.63, 3.8) is 0 Å². The summed E-state index contributed by atoms with van der Waals surface area (Å²) in [5.41, 5.74) is 6.45. The van der Waals surface area contributed by atoms with E-state index < -0.39 is 36.4 Å². The number of rotatable bonds is 12. The van der Waals surface area contributed by atoms with E-state index in [4.69, 9.17) is 34.2 Å². The molecule has 0 bridgehead atoms. The van der Waals surface area contributed by atoms with Crippen molar-refractivity contribution in [2.45, 2.75) is 85.2 Å². The van der Waals surface area contributed by atoms with Gasteiger partial charge in [0.25, 0.3) is 0 Å². The quantitative estimate of drug-likeness (QED) is 0.256. The number of carbonyl (C=O) groups excluding carboxylic acids is 4. The monoisotopic (exact) mass is 497 g/mol. The van der Waals surface area contributed by atoms with E-state index in [1.54, 1.807) is 26.8 Å². The Bertz CT molecular complexity index is 872. The van der Waals surface area contributed by atoms with Crippen LogP contribution in [0.15, 0.2) is 18.2 Å². The Labute approximate surface area is 205 Å². The molecule has 0 radical (unpaired) electrons. The molecule has 0 aliphatic carbocycles. The predicted octanol–water partition coefficient (Wildman–Crippen LogP) is 3.68. The maximum atomic E-state index is 12.3. The molecule has 0 aliphatic heterocycles. The Morgan fingerprint density at radius 1 is 0.829 bits per heavy atom. The van der Waals surface area contributed by atoms with Gasteiger partial charge in [-0.2, -0.15) is 0 Å². The maximum Gasteiger partial charge on any atom is 0.514 e. The largest absolute Gasteiger partial charge is 0.514 e. The predicted molar refractivity (Wildman–Crippen MR) is 124 cm³/mol. The molecule has 0 amide bonds. The first-order chi connectivity index (χ1) is 16.4. The van der Waals surface area contributed by atoms with E-state index in [2.05, 4.69) is 0 Å². The fourth-order valence-electron chi connectivity index (χ4n) is 2.46. The highest BCUT2D eigenvalue weighted by atomic mass is 16.7. The molecule has 0 spiro atoms. The number of esters is 2. The SMILES string of the molecule is CCC(C)OC(=O)Oc1ccc(C[C@H](N)C(=O)O[C@@H](C)COC(C)=O)cc1OC(=O)OC(C)CC. The minimum atomic E-state index is -1.06. The highest BCUT2D eigenvalue weighted by Gasteiger charge is 2.22. The molecular formula is C24H35NO10. The summed E-state index contributed by atoms with van der Waals surface area (Å²) in [5.74, 6) is -1.39. The van der Waals surface area contributed by atoms with E-state index in [9.17, 15) is 19.2 Å². The lowest BCUT2D eigenvalue weighted by Crippen LogP contribution is -2.37. The molecular weight excluding hydrogens is 462 g/mol. The van der Waals surface area contributed by atoms with E-state index in [1.165, 1.54) is 19.1 Å². The van der Waals surface area contributed by atoms with Crippen molar-refractivity contribution >= 4 is 24.2 Å². The van der Waals surface area contributed by atoms with Gasteiger partial charge in [0.1, 0.15) is 31.0 Å². The molecule has 196 valence electrons. The zero-order chi connectivity index (χ0) is 26.5. The maximum absolute atomic E-state index is 12.3. The summed E-state index contributed by atoms with van der Waals surface area (Å²) < 4.78 is 30.6. The lowest BCUT2D eigenvalue weighted by molar-refractivity contribution is -0.157. The van der Waals surface area contributed by atoms with Gasteiger partial charge < -0.3 is 34.2 Å². The topological polar surface area (TPSA) is 150 Å². The van der Waals surface area contributed by atoms with Gasteiger partial charge in [-0.1, -0.05) is 19.9 Å². The van der Waals surface area contributed by atoms with Crippen molar-refractivity contribution in [2.75, 3.05) is 6.61 Å². The normalized spacial score (nSPS) is 14.0. The molecule has 11 heteroatoms. The molecule has 1 aromatic carbocycles. The molecule has 0 heterocycles. The molecule has 2 unspecified atom stereocenters. The van der Waals surface area contributed by atoms with E-state index >= 15 is 0 Å². The highest BCUT2D eigenvalue weighted by Crippen LogP contribution is 2.30. The van der Waals surface area contributed by atoms with Gasteiger partial charge in [0.15, 0.2) is 11.5 Å². The van der Waals surface area contributed by atoms with Crippen molar-refractivity contribution in [1.82, 2.24) is 0 Å². The first kappa shape index (κ1) is 29.7. The number of hydrogen-bond donors (Lipinski definition) is 1. The lowest BCUT2D eigenvalue weighted by Gasteiger charge is -2.18. The van der Waals surface area contributed by atoms with Gasteiger partial charge >= 0.3 is 24.2 Å². The van der Waals surface area contributed by atoms with Crippen molar-refractivity contribution in [3.8, 4) is 11.5 Å². The summed E-state index contributed by atoms with van der Waals surface area (Å²) >= 11 is 0. The first-order valence-corrected chi connectivity index (χ1v) is 11.4. The van der Waals surface area contributed by atoms with Gasteiger partial charge in [0.2, 0.25) is 0 Å². The summed E-state index contributed by atoms with van der Waals surface area (Å²) in [6.45, 7) is 9.81. The van der Waals surface area contributed by atoms with Crippen LogP contribution < -0.4 is 15.2 Å². The zero-order valence-corrected chi connectivity index (χ0v) is 21.0. The van der Waals surface area contributed by atoms with E-state index in [0.717, 1.165) is 0 Å².